The van der Waals surface area contributed by atoms with E-state index in [1.807, 2.05) is 19.1 Å². The summed E-state index contributed by atoms with van der Waals surface area (Å²) in [5, 5.41) is 4.88. The molecule has 0 aliphatic heterocycles. The Hall–Kier alpha value is -0.680. The SMILES string of the molecule is CC#CCCC(NCCC)c1cc(Cl)cc(Cl)c1. The average Bonchev–Trinajstić information content (AvgIpc) is 2.32. The summed E-state index contributed by atoms with van der Waals surface area (Å²) in [5.41, 5.74) is 1.14. The lowest BCUT2D eigenvalue weighted by atomic mass is 10.0. The normalized spacial score (nSPS) is 11.8. The number of nitrogens with one attached hydrogen (secondary N) is 1. The topological polar surface area (TPSA) is 12.0 Å². The van der Waals surface area contributed by atoms with E-state index >= 15 is 0 Å². The molecule has 0 aliphatic carbocycles. The number of hydrogen-bond acceptors (Lipinski definition) is 1. The highest BCUT2D eigenvalue weighted by Gasteiger charge is 2.11. The van der Waals surface area contributed by atoms with Crippen molar-refractivity contribution in [1.82, 2.24) is 5.32 Å². The van der Waals surface area contributed by atoms with Gasteiger partial charge >= 0.3 is 0 Å². The van der Waals surface area contributed by atoms with E-state index < -0.39 is 0 Å². The maximum absolute atomic E-state index is 6.05. The Kier molecular flexibility index (Phi) is 7.20. The molecule has 0 heterocycles. The number of halogens is 2. The first-order valence-corrected chi connectivity index (χ1v) is 7.02. The molecule has 1 unspecified atom stereocenters. The molecule has 0 fully saturated rings. The monoisotopic (exact) mass is 283 g/mol. The Balaban J connectivity index is 2.81. The summed E-state index contributed by atoms with van der Waals surface area (Å²) in [7, 11) is 0. The minimum atomic E-state index is 0.266. The van der Waals surface area contributed by atoms with E-state index in [2.05, 4.69) is 24.1 Å². The fourth-order valence-electron chi connectivity index (χ4n) is 1.82. The lowest BCUT2D eigenvalue weighted by molar-refractivity contribution is 0.505. The van der Waals surface area contributed by atoms with Gasteiger partial charge < -0.3 is 5.32 Å². The summed E-state index contributed by atoms with van der Waals surface area (Å²) >= 11 is 12.1. The first-order valence-electron chi connectivity index (χ1n) is 6.26. The van der Waals surface area contributed by atoms with Crippen molar-refractivity contribution in [3.8, 4) is 11.8 Å². The quantitative estimate of drug-likeness (QED) is 0.737. The van der Waals surface area contributed by atoms with E-state index in [1.54, 1.807) is 6.07 Å². The molecule has 98 valence electrons. The van der Waals surface area contributed by atoms with Crippen molar-refractivity contribution >= 4 is 23.2 Å². The van der Waals surface area contributed by atoms with Crippen LogP contribution in [0.3, 0.4) is 0 Å². The van der Waals surface area contributed by atoms with Crippen molar-refractivity contribution < 1.29 is 0 Å². The molecule has 18 heavy (non-hydrogen) atoms. The molecule has 0 bridgehead atoms. The minimum Gasteiger partial charge on any atom is -0.310 e. The Morgan fingerprint density at radius 3 is 2.44 bits per heavy atom. The zero-order valence-electron chi connectivity index (χ0n) is 10.9. The number of rotatable bonds is 6. The van der Waals surface area contributed by atoms with Crippen LogP contribution in [0.2, 0.25) is 10.0 Å². The second-order valence-electron chi connectivity index (χ2n) is 4.17. The molecule has 0 amide bonds. The van der Waals surface area contributed by atoms with Crippen LogP contribution in [0.15, 0.2) is 18.2 Å². The van der Waals surface area contributed by atoms with Crippen molar-refractivity contribution in [3.63, 3.8) is 0 Å². The van der Waals surface area contributed by atoms with Gasteiger partial charge in [-0.15, -0.1) is 11.8 Å². The molecule has 0 radical (unpaired) electrons. The molecule has 1 rings (SSSR count). The van der Waals surface area contributed by atoms with Crippen molar-refractivity contribution in [2.45, 2.75) is 39.2 Å². The Morgan fingerprint density at radius 1 is 1.22 bits per heavy atom. The molecule has 1 N–H and O–H groups in total. The third-order valence-corrected chi connectivity index (χ3v) is 3.10. The second-order valence-corrected chi connectivity index (χ2v) is 5.05. The molecule has 0 saturated carbocycles. The molecule has 0 saturated heterocycles. The van der Waals surface area contributed by atoms with Crippen LogP contribution >= 0.6 is 23.2 Å². The maximum Gasteiger partial charge on any atom is 0.0424 e. The van der Waals surface area contributed by atoms with Gasteiger partial charge in [0.2, 0.25) is 0 Å². The molecular weight excluding hydrogens is 265 g/mol. The fraction of sp³-hybridized carbons (Fsp3) is 0.467. The standard InChI is InChI=1S/C15H19Cl2N/c1-3-5-6-7-15(18-8-4-2)12-9-13(16)11-14(17)10-12/h9-11,15,18H,4,6-8H2,1-2H3. The van der Waals surface area contributed by atoms with Gasteiger partial charge in [0.25, 0.3) is 0 Å². The van der Waals surface area contributed by atoms with Crippen molar-refractivity contribution in [2.75, 3.05) is 6.54 Å². The van der Waals surface area contributed by atoms with Crippen LogP contribution in [0.4, 0.5) is 0 Å². The smallest absolute Gasteiger partial charge is 0.0424 e. The predicted molar refractivity (Wildman–Crippen MR) is 80.2 cm³/mol. The van der Waals surface area contributed by atoms with Crippen LogP contribution in [0, 0.1) is 11.8 Å². The molecule has 1 aromatic rings. The summed E-state index contributed by atoms with van der Waals surface area (Å²) < 4.78 is 0. The van der Waals surface area contributed by atoms with Crippen LogP contribution in [0.5, 0.6) is 0 Å². The highest BCUT2D eigenvalue weighted by molar-refractivity contribution is 6.34. The fourth-order valence-corrected chi connectivity index (χ4v) is 2.37. The summed E-state index contributed by atoms with van der Waals surface area (Å²) in [4.78, 5) is 0. The van der Waals surface area contributed by atoms with E-state index in [0.29, 0.717) is 10.0 Å². The summed E-state index contributed by atoms with van der Waals surface area (Å²) in [6.45, 7) is 5.00. The van der Waals surface area contributed by atoms with E-state index in [0.717, 1.165) is 31.4 Å². The van der Waals surface area contributed by atoms with Gasteiger partial charge in [0.05, 0.1) is 0 Å². The Morgan fingerprint density at radius 2 is 1.89 bits per heavy atom. The second kappa shape index (κ2) is 8.43. The van der Waals surface area contributed by atoms with Gasteiger partial charge in [-0.1, -0.05) is 30.1 Å². The van der Waals surface area contributed by atoms with Gasteiger partial charge in [-0.05, 0) is 50.1 Å². The largest absolute Gasteiger partial charge is 0.310 e. The average molecular weight is 284 g/mol. The molecule has 0 aromatic heterocycles. The molecule has 1 aromatic carbocycles. The first kappa shape index (κ1) is 15.4. The highest BCUT2D eigenvalue weighted by atomic mass is 35.5. The highest BCUT2D eigenvalue weighted by Crippen LogP contribution is 2.26. The van der Waals surface area contributed by atoms with Crippen molar-refractivity contribution in [2.24, 2.45) is 0 Å². The van der Waals surface area contributed by atoms with Crippen LogP contribution < -0.4 is 5.32 Å². The van der Waals surface area contributed by atoms with E-state index in [4.69, 9.17) is 23.2 Å². The zero-order valence-corrected chi connectivity index (χ0v) is 12.4. The lowest BCUT2D eigenvalue weighted by Crippen LogP contribution is -2.22. The third-order valence-electron chi connectivity index (χ3n) is 2.66. The molecule has 1 atom stereocenters. The van der Waals surface area contributed by atoms with Crippen LogP contribution in [0.1, 0.15) is 44.7 Å². The number of hydrogen-bond donors (Lipinski definition) is 1. The van der Waals surface area contributed by atoms with Crippen LogP contribution in [-0.2, 0) is 0 Å². The van der Waals surface area contributed by atoms with Crippen molar-refractivity contribution in [3.05, 3.63) is 33.8 Å². The van der Waals surface area contributed by atoms with Crippen molar-refractivity contribution in [1.29, 1.82) is 0 Å². The number of benzene rings is 1. The van der Waals surface area contributed by atoms with Gasteiger partial charge in [0.15, 0.2) is 0 Å². The van der Waals surface area contributed by atoms with Gasteiger partial charge in [0.1, 0.15) is 0 Å². The molecule has 3 heteroatoms. The third kappa shape index (κ3) is 5.31. The first-order chi connectivity index (χ1) is 8.67. The lowest BCUT2D eigenvalue weighted by Gasteiger charge is -2.18. The predicted octanol–water partition coefficient (Wildman–Crippen LogP) is 4.84. The Labute approximate surface area is 120 Å². The maximum atomic E-state index is 6.05. The van der Waals surface area contributed by atoms with Gasteiger partial charge in [-0.3, -0.25) is 0 Å². The van der Waals surface area contributed by atoms with E-state index in [9.17, 15) is 0 Å². The van der Waals surface area contributed by atoms with Gasteiger partial charge in [-0.2, -0.15) is 0 Å². The Bertz CT molecular complexity index is 412. The molecule has 0 spiro atoms. The van der Waals surface area contributed by atoms with Crippen LogP contribution in [0.25, 0.3) is 0 Å². The van der Waals surface area contributed by atoms with E-state index in [1.165, 1.54) is 0 Å². The summed E-state index contributed by atoms with van der Waals surface area (Å²) in [5.74, 6) is 6.02. The van der Waals surface area contributed by atoms with Gasteiger partial charge in [0, 0.05) is 22.5 Å². The zero-order chi connectivity index (χ0) is 13.4. The minimum absolute atomic E-state index is 0.266. The molecule has 1 nitrogen and oxygen atoms in total. The molecule has 0 aliphatic rings. The van der Waals surface area contributed by atoms with E-state index in [-0.39, 0.29) is 6.04 Å². The summed E-state index contributed by atoms with van der Waals surface area (Å²) in [6, 6.07) is 5.97. The van der Waals surface area contributed by atoms with Crippen LogP contribution in [-0.4, -0.2) is 6.54 Å². The molecular formula is C15H19Cl2N. The van der Waals surface area contributed by atoms with Gasteiger partial charge in [-0.25, -0.2) is 0 Å². The summed E-state index contributed by atoms with van der Waals surface area (Å²) in [6.07, 6.45) is 2.95.